The minimum atomic E-state index is -0.874. The molecule has 0 bridgehead atoms. The molecule has 0 saturated heterocycles. The van der Waals surface area contributed by atoms with Gasteiger partial charge in [-0.15, -0.1) is 0 Å². The lowest BCUT2D eigenvalue weighted by Gasteiger charge is -2.23. The molecule has 0 heterocycles. The number of carbonyl (C=O) groups is 2. The van der Waals surface area contributed by atoms with Crippen LogP contribution in [0.25, 0.3) is 0 Å². The number of aliphatic carboxylic acids is 1. The molecule has 6 heteroatoms. The van der Waals surface area contributed by atoms with Crippen LogP contribution < -0.4 is 10.6 Å². The van der Waals surface area contributed by atoms with Crippen molar-refractivity contribution in [2.75, 3.05) is 18.6 Å². The second-order valence-corrected chi connectivity index (χ2v) is 5.87. The number of carbonyl (C=O) groups excluding carboxylic acids is 1. The summed E-state index contributed by atoms with van der Waals surface area (Å²) >= 11 is 1.53. The monoisotopic (exact) mass is 276 g/mol. The Bertz CT molecular complexity index is 284. The topological polar surface area (TPSA) is 78.4 Å². The zero-order chi connectivity index (χ0) is 14.2. The minimum Gasteiger partial charge on any atom is -0.480 e. The maximum atomic E-state index is 11.3. The highest BCUT2D eigenvalue weighted by molar-refractivity contribution is 7.99. The summed E-state index contributed by atoms with van der Waals surface area (Å²) in [6.07, 6.45) is 1.32. The van der Waals surface area contributed by atoms with Crippen LogP contribution in [0.1, 0.15) is 33.6 Å². The normalized spacial score (nSPS) is 14.3. The largest absolute Gasteiger partial charge is 0.480 e. The molecule has 0 aromatic heterocycles. The highest BCUT2D eigenvalue weighted by Crippen LogP contribution is 2.14. The molecule has 0 fully saturated rings. The Kier molecular flexibility index (Phi) is 8.02. The molecule has 0 saturated carbocycles. The molecule has 0 aromatic rings. The maximum Gasteiger partial charge on any atom is 0.323 e. The fourth-order valence-electron chi connectivity index (χ4n) is 1.40. The van der Waals surface area contributed by atoms with Gasteiger partial charge < -0.3 is 15.7 Å². The Morgan fingerprint density at radius 1 is 1.39 bits per heavy atom. The van der Waals surface area contributed by atoms with E-state index in [9.17, 15) is 9.59 Å². The van der Waals surface area contributed by atoms with E-state index >= 15 is 0 Å². The fraction of sp³-hybridized carbons (Fsp3) is 0.833. The highest BCUT2D eigenvalue weighted by Gasteiger charge is 2.30. The van der Waals surface area contributed by atoms with Gasteiger partial charge in [0.15, 0.2) is 0 Å². The van der Waals surface area contributed by atoms with E-state index in [4.69, 9.17) is 5.11 Å². The van der Waals surface area contributed by atoms with E-state index in [1.165, 1.54) is 11.8 Å². The third kappa shape index (κ3) is 6.86. The number of likely N-dealkylation sites (N-methyl/N-ethyl adjacent to an activating group) is 1. The van der Waals surface area contributed by atoms with Gasteiger partial charge in [0.2, 0.25) is 5.91 Å². The zero-order valence-electron chi connectivity index (χ0n) is 11.6. The van der Waals surface area contributed by atoms with Gasteiger partial charge in [-0.05, 0) is 46.4 Å². The average Bonchev–Trinajstić information content (AvgIpc) is 2.26. The maximum absolute atomic E-state index is 11.3. The van der Waals surface area contributed by atoms with E-state index in [1.54, 1.807) is 14.0 Å². The van der Waals surface area contributed by atoms with Crippen molar-refractivity contribution in [2.24, 2.45) is 0 Å². The standard InChI is InChI=1S/C12H24N2O3S/c1-9(2)14-10(15)8-18-7-5-6-12(3,13-4)11(16)17/h9,13H,5-8H2,1-4H3,(H,14,15)(H,16,17). The van der Waals surface area contributed by atoms with E-state index < -0.39 is 11.5 Å². The fourth-order valence-corrected chi connectivity index (χ4v) is 2.16. The van der Waals surface area contributed by atoms with E-state index in [1.807, 2.05) is 13.8 Å². The van der Waals surface area contributed by atoms with Gasteiger partial charge in [0.05, 0.1) is 5.75 Å². The molecule has 106 valence electrons. The molecule has 3 N–H and O–H groups in total. The first-order chi connectivity index (χ1) is 8.31. The molecule has 0 aliphatic carbocycles. The van der Waals surface area contributed by atoms with E-state index in [-0.39, 0.29) is 11.9 Å². The summed E-state index contributed by atoms with van der Waals surface area (Å²) in [6, 6.07) is 0.165. The van der Waals surface area contributed by atoms with Gasteiger partial charge >= 0.3 is 5.97 Å². The van der Waals surface area contributed by atoms with Crippen molar-refractivity contribution in [3.8, 4) is 0 Å². The molecular weight excluding hydrogens is 252 g/mol. The number of nitrogens with one attached hydrogen (secondary N) is 2. The zero-order valence-corrected chi connectivity index (χ0v) is 12.4. The predicted octanol–water partition coefficient (Wildman–Crippen LogP) is 1.09. The van der Waals surface area contributed by atoms with Crippen LogP contribution in [0, 0.1) is 0 Å². The summed E-state index contributed by atoms with van der Waals surface area (Å²) in [7, 11) is 1.65. The molecule has 0 spiro atoms. The first-order valence-electron chi connectivity index (χ1n) is 6.11. The summed E-state index contributed by atoms with van der Waals surface area (Å²) in [4.78, 5) is 22.4. The molecule has 0 aliphatic heterocycles. The van der Waals surface area contributed by atoms with Crippen molar-refractivity contribution in [1.29, 1.82) is 0 Å². The van der Waals surface area contributed by atoms with Crippen LogP contribution in [0.4, 0.5) is 0 Å². The number of amides is 1. The Labute approximate surface area is 113 Å². The SMILES string of the molecule is CNC(C)(CCCSCC(=O)NC(C)C)C(=O)O. The van der Waals surface area contributed by atoms with Gasteiger partial charge in [0.25, 0.3) is 0 Å². The average molecular weight is 276 g/mol. The molecule has 0 aromatic carbocycles. The van der Waals surface area contributed by atoms with Crippen molar-refractivity contribution >= 4 is 23.6 Å². The Balaban J connectivity index is 3.74. The summed E-state index contributed by atoms with van der Waals surface area (Å²) in [6.45, 7) is 5.52. The van der Waals surface area contributed by atoms with Crippen molar-refractivity contribution in [3.05, 3.63) is 0 Å². The van der Waals surface area contributed by atoms with E-state index in [2.05, 4.69) is 10.6 Å². The van der Waals surface area contributed by atoms with E-state index in [0.29, 0.717) is 12.2 Å². The molecule has 1 unspecified atom stereocenters. The lowest BCUT2D eigenvalue weighted by molar-refractivity contribution is -0.144. The summed E-state index contributed by atoms with van der Waals surface area (Å²) < 4.78 is 0. The molecular formula is C12H24N2O3S. The minimum absolute atomic E-state index is 0.0320. The third-order valence-electron chi connectivity index (χ3n) is 2.67. The van der Waals surface area contributed by atoms with Crippen molar-refractivity contribution < 1.29 is 14.7 Å². The number of thioether (sulfide) groups is 1. The Morgan fingerprint density at radius 2 is 2.00 bits per heavy atom. The molecule has 0 rings (SSSR count). The molecule has 18 heavy (non-hydrogen) atoms. The van der Waals surface area contributed by atoms with Gasteiger partial charge in [0.1, 0.15) is 5.54 Å². The van der Waals surface area contributed by atoms with Crippen LogP contribution in [0.15, 0.2) is 0 Å². The summed E-state index contributed by atoms with van der Waals surface area (Å²) in [5, 5.41) is 14.7. The van der Waals surface area contributed by atoms with Crippen LogP contribution in [-0.2, 0) is 9.59 Å². The first kappa shape index (κ1) is 17.2. The highest BCUT2D eigenvalue weighted by atomic mass is 32.2. The summed E-state index contributed by atoms with van der Waals surface area (Å²) in [5.74, 6) is 0.412. The molecule has 5 nitrogen and oxygen atoms in total. The van der Waals surface area contributed by atoms with Crippen molar-refractivity contribution in [1.82, 2.24) is 10.6 Å². The summed E-state index contributed by atoms with van der Waals surface area (Å²) in [5.41, 5.74) is -0.874. The van der Waals surface area contributed by atoms with Gasteiger partial charge in [-0.3, -0.25) is 9.59 Å². The predicted molar refractivity (Wildman–Crippen MR) is 74.9 cm³/mol. The first-order valence-corrected chi connectivity index (χ1v) is 7.26. The van der Waals surface area contributed by atoms with Gasteiger partial charge in [-0.1, -0.05) is 0 Å². The quantitative estimate of drug-likeness (QED) is 0.549. The second kappa shape index (κ2) is 8.37. The third-order valence-corrected chi connectivity index (χ3v) is 3.72. The molecule has 0 aliphatic rings. The molecule has 1 amide bonds. The smallest absolute Gasteiger partial charge is 0.323 e. The molecule has 1 atom stereocenters. The number of carboxylic acids is 1. The van der Waals surface area contributed by atoms with Crippen LogP contribution in [0.3, 0.4) is 0 Å². The number of rotatable bonds is 9. The second-order valence-electron chi connectivity index (χ2n) is 4.77. The van der Waals surface area contributed by atoms with Crippen LogP contribution in [-0.4, -0.2) is 47.1 Å². The lowest BCUT2D eigenvalue weighted by Crippen LogP contribution is -2.47. The van der Waals surface area contributed by atoms with Gasteiger partial charge in [0, 0.05) is 6.04 Å². The van der Waals surface area contributed by atoms with Crippen molar-refractivity contribution in [3.63, 3.8) is 0 Å². The lowest BCUT2D eigenvalue weighted by atomic mass is 9.97. The Morgan fingerprint density at radius 3 is 2.44 bits per heavy atom. The van der Waals surface area contributed by atoms with Gasteiger partial charge in [-0.2, -0.15) is 11.8 Å². The van der Waals surface area contributed by atoms with Gasteiger partial charge in [-0.25, -0.2) is 0 Å². The number of hydrogen-bond donors (Lipinski definition) is 3. The van der Waals surface area contributed by atoms with E-state index in [0.717, 1.165) is 12.2 Å². The van der Waals surface area contributed by atoms with Crippen molar-refractivity contribution in [2.45, 2.75) is 45.2 Å². The van der Waals surface area contributed by atoms with Crippen LogP contribution in [0.5, 0.6) is 0 Å². The number of hydrogen-bond acceptors (Lipinski definition) is 4. The van der Waals surface area contributed by atoms with Crippen LogP contribution >= 0.6 is 11.8 Å². The van der Waals surface area contributed by atoms with Crippen LogP contribution in [0.2, 0.25) is 0 Å². The number of carboxylic acid groups (broad SMARTS) is 1. The molecule has 0 radical (unpaired) electrons. The Hall–Kier alpha value is -0.750.